The van der Waals surface area contributed by atoms with Crippen molar-refractivity contribution in [3.05, 3.63) is 87.4 Å². The Labute approximate surface area is 163 Å². The van der Waals surface area contributed by atoms with Gasteiger partial charge in [0.2, 0.25) is 5.91 Å². The number of amides is 1. The Hall–Kier alpha value is -3.54. The second-order valence-electron chi connectivity index (χ2n) is 6.48. The van der Waals surface area contributed by atoms with Crippen molar-refractivity contribution in [1.82, 2.24) is 15.0 Å². The maximum Gasteiger partial charge on any atom is 0.254 e. The van der Waals surface area contributed by atoms with Gasteiger partial charge < -0.3 is 10.3 Å². The van der Waals surface area contributed by atoms with Crippen LogP contribution in [-0.2, 0) is 11.2 Å². The predicted molar refractivity (Wildman–Crippen MR) is 111 cm³/mol. The molecule has 2 aromatic heterocycles. The van der Waals surface area contributed by atoms with Crippen LogP contribution < -0.4 is 10.9 Å². The molecule has 0 aliphatic heterocycles. The molecule has 142 valence electrons. The van der Waals surface area contributed by atoms with E-state index in [1.165, 1.54) is 0 Å². The van der Waals surface area contributed by atoms with E-state index in [0.717, 1.165) is 11.3 Å². The van der Waals surface area contributed by atoms with Crippen LogP contribution in [0.5, 0.6) is 0 Å². The van der Waals surface area contributed by atoms with Gasteiger partial charge in [-0.1, -0.05) is 24.3 Å². The Kier molecular flexibility index (Phi) is 6.11. The minimum atomic E-state index is -0.181. The SMILES string of the molecule is Cc1nc(C)c(CCC(=O)Nc2cccc(/C=C/c3ccccn3)c2)c(=O)[nH]1. The number of aromatic nitrogens is 3. The van der Waals surface area contributed by atoms with E-state index in [9.17, 15) is 9.59 Å². The van der Waals surface area contributed by atoms with Crippen molar-refractivity contribution in [2.45, 2.75) is 26.7 Å². The summed E-state index contributed by atoms with van der Waals surface area (Å²) in [5, 5.41) is 2.88. The third kappa shape index (κ3) is 5.23. The number of aromatic amines is 1. The van der Waals surface area contributed by atoms with Gasteiger partial charge in [-0.3, -0.25) is 14.6 Å². The molecule has 2 heterocycles. The number of carbonyl (C=O) groups excluding carboxylic acids is 1. The zero-order valence-corrected chi connectivity index (χ0v) is 15.9. The van der Waals surface area contributed by atoms with Gasteiger partial charge in [-0.15, -0.1) is 0 Å². The van der Waals surface area contributed by atoms with Crippen LogP contribution in [0.2, 0.25) is 0 Å². The van der Waals surface area contributed by atoms with Gasteiger partial charge in [-0.2, -0.15) is 0 Å². The molecule has 0 spiro atoms. The first-order valence-electron chi connectivity index (χ1n) is 9.07. The molecule has 1 amide bonds. The van der Waals surface area contributed by atoms with E-state index in [-0.39, 0.29) is 17.9 Å². The molecule has 3 aromatic rings. The number of hydrogen-bond donors (Lipinski definition) is 2. The first kappa shape index (κ1) is 19.2. The highest BCUT2D eigenvalue weighted by molar-refractivity contribution is 5.91. The van der Waals surface area contributed by atoms with E-state index in [0.29, 0.717) is 29.2 Å². The lowest BCUT2D eigenvalue weighted by atomic mass is 10.1. The minimum Gasteiger partial charge on any atom is -0.326 e. The lowest BCUT2D eigenvalue weighted by molar-refractivity contribution is -0.116. The average molecular weight is 374 g/mol. The van der Waals surface area contributed by atoms with Crippen LogP contribution in [-0.4, -0.2) is 20.9 Å². The average Bonchev–Trinajstić information content (AvgIpc) is 2.66. The maximum absolute atomic E-state index is 12.3. The fraction of sp³-hybridized carbons (Fsp3) is 0.182. The van der Waals surface area contributed by atoms with Crippen LogP contribution in [0.3, 0.4) is 0 Å². The van der Waals surface area contributed by atoms with Crippen LogP contribution >= 0.6 is 0 Å². The Morgan fingerprint density at radius 3 is 2.75 bits per heavy atom. The molecular weight excluding hydrogens is 352 g/mol. The van der Waals surface area contributed by atoms with Gasteiger partial charge in [0.25, 0.3) is 5.56 Å². The zero-order valence-electron chi connectivity index (χ0n) is 15.9. The Bertz CT molecular complexity index is 1060. The van der Waals surface area contributed by atoms with Gasteiger partial charge in [0.1, 0.15) is 5.82 Å². The molecule has 2 N–H and O–H groups in total. The summed E-state index contributed by atoms with van der Waals surface area (Å²) >= 11 is 0. The predicted octanol–water partition coefficient (Wildman–Crippen LogP) is 3.52. The molecular formula is C22H22N4O2. The molecule has 28 heavy (non-hydrogen) atoms. The summed E-state index contributed by atoms with van der Waals surface area (Å²) in [6.45, 7) is 3.52. The van der Waals surface area contributed by atoms with Crippen molar-refractivity contribution >= 4 is 23.7 Å². The third-order valence-electron chi connectivity index (χ3n) is 4.25. The van der Waals surface area contributed by atoms with E-state index in [1.807, 2.05) is 54.6 Å². The van der Waals surface area contributed by atoms with Gasteiger partial charge in [-0.05, 0) is 56.2 Å². The highest BCUT2D eigenvalue weighted by Gasteiger charge is 2.10. The van der Waals surface area contributed by atoms with Gasteiger partial charge in [0, 0.05) is 29.6 Å². The number of hydrogen-bond acceptors (Lipinski definition) is 4. The van der Waals surface area contributed by atoms with Crippen molar-refractivity contribution in [2.75, 3.05) is 5.32 Å². The van der Waals surface area contributed by atoms with Crippen molar-refractivity contribution in [3.63, 3.8) is 0 Å². The number of nitrogens with one attached hydrogen (secondary N) is 2. The lowest BCUT2D eigenvalue weighted by Crippen LogP contribution is -2.20. The normalized spacial score (nSPS) is 10.9. The van der Waals surface area contributed by atoms with E-state index in [2.05, 4.69) is 20.3 Å². The molecule has 6 heteroatoms. The van der Waals surface area contributed by atoms with Crippen LogP contribution in [0, 0.1) is 13.8 Å². The molecule has 0 aliphatic rings. The first-order chi connectivity index (χ1) is 13.5. The van der Waals surface area contributed by atoms with E-state index in [1.54, 1.807) is 20.0 Å². The number of benzene rings is 1. The quantitative estimate of drug-likeness (QED) is 0.691. The Morgan fingerprint density at radius 1 is 1.14 bits per heavy atom. The lowest BCUT2D eigenvalue weighted by Gasteiger charge is -2.07. The number of rotatable bonds is 6. The molecule has 0 aliphatic carbocycles. The number of pyridine rings is 1. The number of nitrogens with zero attached hydrogens (tertiary/aromatic N) is 2. The van der Waals surface area contributed by atoms with E-state index in [4.69, 9.17) is 0 Å². The monoisotopic (exact) mass is 374 g/mol. The number of anilines is 1. The summed E-state index contributed by atoms with van der Waals surface area (Å²) in [7, 11) is 0. The molecule has 0 saturated carbocycles. The van der Waals surface area contributed by atoms with Crippen molar-refractivity contribution in [3.8, 4) is 0 Å². The van der Waals surface area contributed by atoms with Gasteiger partial charge >= 0.3 is 0 Å². The molecule has 0 radical (unpaired) electrons. The van der Waals surface area contributed by atoms with Gasteiger partial charge in [0.15, 0.2) is 0 Å². The van der Waals surface area contributed by atoms with Crippen molar-refractivity contribution < 1.29 is 4.79 Å². The van der Waals surface area contributed by atoms with Crippen LogP contribution in [0.4, 0.5) is 5.69 Å². The second kappa shape index (κ2) is 8.90. The fourth-order valence-corrected chi connectivity index (χ4v) is 2.88. The minimum absolute atomic E-state index is 0.148. The highest BCUT2D eigenvalue weighted by atomic mass is 16.1. The molecule has 0 bridgehead atoms. The van der Waals surface area contributed by atoms with Crippen molar-refractivity contribution in [2.24, 2.45) is 0 Å². The first-order valence-corrected chi connectivity index (χ1v) is 9.07. The van der Waals surface area contributed by atoms with E-state index >= 15 is 0 Å². The van der Waals surface area contributed by atoms with Crippen LogP contribution in [0.15, 0.2) is 53.5 Å². The standard InChI is InChI=1S/C22H22N4O2/c1-15-20(22(28)25-16(2)24-15)11-12-21(27)26-19-8-5-6-17(14-19)9-10-18-7-3-4-13-23-18/h3-10,13-14H,11-12H2,1-2H3,(H,26,27)(H,24,25,28)/b10-9+. The smallest absolute Gasteiger partial charge is 0.254 e. The Balaban J connectivity index is 1.62. The summed E-state index contributed by atoms with van der Waals surface area (Å²) in [4.78, 5) is 35.5. The zero-order chi connectivity index (χ0) is 19.9. The topological polar surface area (TPSA) is 87.7 Å². The number of carbonyl (C=O) groups is 1. The summed E-state index contributed by atoms with van der Waals surface area (Å²) in [5.41, 5.74) is 3.56. The largest absolute Gasteiger partial charge is 0.326 e. The second-order valence-corrected chi connectivity index (χ2v) is 6.48. The molecule has 0 fully saturated rings. The Morgan fingerprint density at radius 2 is 2.00 bits per heavy atom. The molecule has 0 unspecified atom stereocenters. The maximum atomic E-state index is 12.3. The number of H-pyrrole nitrogens is 1. The van der Waals surface area contributed by atoms with Gasteiger partial charge in [-0.25, -0.2) is 4.98 Å². The number of aryl methyl sites for hydroxylation is 2. The molecule has 1 aromatic carbocycles. The summed E-state index contributed by atoms with van der Waals surface area (Å²) < 4.78 is 0. The van der Waals surface area contributed by atoms with Crippen LogP contribution in [0.1, 0.15) is 34.8 Å². The van der Waals surface area contributed by atoms with Crippen LogP contribution in [0.25, 0.3) is 12.2 Å². The van der Waals surface area contributed by atoms with E-state index < -0.39 is 0 Å². The highest BCUT2D eigenvalue weighted by Crippen LogP contribution is 2.14. The molecule has 0 atom stereocenters. The third-order valence-corrected chi connectivity index (χ3v) is 4.25. The molecule has 3 rings (SSSR count). The summed E-state index contributed by atoms with van der Waals surface area (Å²) in [6, 6.07) is 13.3. The fourth-order valence-electron chi connectivity index (χ4n) is 2.88. The molecule has 6 nitrogen and oxygen atoms in total. The van der Waals surface area contributed by atoms with Crippen molar-refractivity contribution in [1.29, 1.82) is 0 Å². The summed E-state index contributed by atoms with van der Waals surface area (Å²) in [6.07, 6.45) is 6.16. The summed E-state index contributed by atoms with van der Waals surface area (Å²) in [5.74, 6) is 0.427. The molecule has 0 saturated heterocycles. The van der Waals surface area contributed by atoms with Gasteiger partial charge in [0.05, 0.1) is 5.69 Å².